The Labute approximate surface area is 171 Å². The van der Waals surface area contributed by atoms with E-state index in [1.807, 2.05) is 43.2 Å². The lowest BCUT2D eigenvalue weighted by atomic mass is 10.2. The van der Waals surface area contributed by atoms with Crippen molar-refractivity contribution in [1.29, 1.82) is 0 Å². The van der Waals surface area contributed by atoms with Crippen molar-refractivity contribution in [3.05, 3.63) is 52.6 Å². The van der Waals surface area contributed by atoms with Crippen molar-refractivity contribution in [2.45, 2.75) is 33.4 Å². The number of carbonyl (C=O) groups is 1. The molecule has 1 saturated heterocycles. The van der Waals surface area contributed by atoms with Gasteiger partial charge in [-0.15, -0.1) is 17.9 Å². The summed E-state index contributed by atoms with van der Waals surface area (Å²) in [5.74, 6) is 1.94. The van der Waals surface area contributed by atoms with Crippen molar-refractivity contribution in [3.8, 4) is 0 Å². The third-order valence-electron chi connectivity index (χ3n) is 5.08. The van der Waals surface area contributed by atoms with Crippen molar-refractivity contribution in [1.82, 2.24) is 19.8 Å². The van der Waals surface area contributed by atoms with Crippen molar-refractivity contribution in [2.75, 3.05) is 37.6 Å². The van der Waals surface area contributed by atoms with Gasteiger partial charge in [0.1, 0.15) is 11.6 Å². The van der Waals surface area contributed by atoms with Gasteiger partial charge in [-0.05, 0) is 32.2 Å². The maximum atomic E-state index is 13.1. The van der Waals surface area contributed by atoms with Crippen molar-refractivity contribution < 1.29 is 4.79 Å². The molecule has 0 N–H and O–H groups in total. The number of hydrogen-bond donors (Lipinski definition) is 0. The molecule has 0 saturated carbocycles. The predicted octanol–water partition coefficient (Wildman–Crippen LogP) is 2.88. The van der Waals surface area contributed by atoms with Crippen LogP contribution in [0.2, 0.25) is 0 Å². The summed E-state index contributed by atoms with van der Waals surface area (Å²) in [4.78, 5) is 29.7. The Hall–Kier alpha value is -2.25. The number of thiophene rings is 1. The molecule has 0 aromatic carbocycles. The van der Waals surface area contributed by atoms with Gasteiger partial charge in [0, 0.05) is 49.4 Å². The standard InChI is InChI=1S/C21H29N5OS/c1-5-8-26(15-19-7-6-13-28-19)21(27)17(3)24-9-11-25(12-10-24)20-14-16(2)22-18(4)23-20/h5-7,13-14,17H,1,8-12,15H2,2-4H3. The lowest BCUT2D eigenvalue weighted by molar-refractivity contribution is -0.136. The first kappa shape index (κ1) is 20.5. The maximum absolute atomic E-state index is 13.1. The monoisotopic (exact) mass is 399 g/mol. The van der Waals surface area contributed by atoms with E-state index in [0.29, 0.717) is 13.1 Å². The molecule has 150 valence electrons. The molecule has 2 aromatic rings. The van der Waals surface area contributed by atoms with Crippen LogP contribution >= 0.6 is 11.3 Å². The van der Waals surface area contributed by atoms with Gasteiger partial charge in [0.2, 0.25) is 5.91 Å². The molecule has 1 unspecified atom stereocenters. The molecule has 0 radical (unpaired) electrons. The van der Waals surface area contributed by atoms with Crippen LogP contribution in [0.1, 0.15) is 23.3 Å². The number of anilines is 1. The fourth-order valence-corrected chi connectivity index (χ4v) is 4.32. The van der Waals surface area contributed by atoms with Gasteiger partial charge in [-0.25, -0.2) is 9.97 Å². The van der Waals surface area contributed by atoms with E-state index in [0.717, 1.165) is 43.5 Å². The highest BCUT2D eigenvalue weighted by molar-refractivity contribution is 7.09. The predicted molar refractivity (Wildman–Crippen MR) is 115 cm³/mol. The minimum absolute atomic E-state index is 0.143. The normalized spacial score (nSPS) is 16.0. The summed E-state index contributed by atoms with van der Waals surface area (Å²) in [5.41, 5.74) is 0.988. The largest absolute Gasteiger partial charge is 0.354 e. The van der Waals surface area contributed by atoms with Crippen molar-refractivity contribution in [2.24, 2.45) is 0 Å². The van der Waals surface area contributed by atoms with Crippen LogP contribution in [-0.2, 0) is 11.3 Å². The molecule has 1 fully saturated rings. The molecular weight excluding hydrogens is 370 g/mol. The zero-order valence-corrected chi connectivity index (χ0v) is 17.8. The van der Waals surface area contributed by atoms with E-state index >= 15 is 0 Å². The van der Waals surface area contributed by atoms with Crippen molar-refractivity contribution in [3.63, 3.8) is 0 Å². The summed E-state index contributed by atoms with van der Waals surface area (Å²) in [7, 11) is 0. The van der Waals surface area contributed by atoms with E-state index in [-0.39, 0.29) is 11.9 Å². The molecule has 2 aromatic heterocycles. The first-order valence-corrected chi connectivity index (χ1v) is 10.6. The first-order valence-electron chi connectivity index (χ1n) is 9.71. The summed E-state index contributed by atoms with van der Waals surface area (Å²) in [6.07, 6.45) is 1.80. The summed E-state index contributed by atoms with van der Waals surface area (Å²) in [6, 6.07) is 5.99. The van der Waals surface area contributed by atoms with Gasteiger partial charge in [-0.2, -0.15) is 0 Å². The molecule has 1 aliphatic heterocycles. The number of rotatable bonds is 7. The zero-order valence-electron chi connectivity index (χ0n) is 17.0. The Bertz CT molecular complexity index is 779. The van der Waals surface area contributed by atoms with Crippen LogP contribution in [0.25, 0.3) is 0 Å². The van der Waals surface area contributed by atoms with Gasteiger partial charge in [0.15, 0.2) is 0 Å². The number of aromatic nitrogens is 2. The minimum Gasteiger partial charge on any atom is -0.354 e. The number of carbonyl (C=O) groups excluding carboxylic acids is 1. The molecule has 3 heterocycles. The molecular formula is C21H29N5OS. The highest BCUT2D eigenvalue weighted by Gasteiger charge is 2.29. The van der Waals surface area contributed by atoms with Gasteiger partial charge in [-0.1, -0.05) is 12.1 Å². The number of hydrogen-bond acceptors (Lipinski definition) is 6. The van der Waals surface area contributed by atoms with Crippen LogP contribution < -0.4 is 4.90 Å². The molecule has 7 heteroatoms. The SMILES string of the molecule is C=CCN(Cc1cccs1)C(=O)C(C)N1CCN(c2cc(C)nc(C)n2)CC1. The second kappa shape index (κ2) is 9.30. The number of aryl methyl sites for hydroxylation is 2. The van der Waals surface area contributed by atoms with Crippen LogP contribution in [0.15, 0.2) is 36.2 Å². The van der Waals surface area contributed by atoms with Crippen LogP contribution in [0.4, 0.5) is 5.82 Å². The van der Waals surface area contributed by atoms with Crippen LogP contribution in [0, 0.1) is 13.8 Å². The van der Waals surface area contributed by atoms with Gasteiger partial charge in [0.25, 0.3) is 0 Å². The molecule has 0 spiro atoms. The molecule has 28 heavy (non-hydrogen) atoms. The van der Waals surface area contributed by atoms with Gasteiger partial charge in [-0.3, -0.25) is 9.69 Å². The molecule has 1 atom stereocenters. The first-order chi connectivity index (χ1) is 13.5. The maximum Gasteiger partial charge on any atom is 0.240 e. The third-order valence-corrected chi connectivity index (χ3v) is 5.94. The Morgan fingerprint density at radius 2 is 2.07 bits per heavy atom. The van der Waals surface area contributed by atoms with Crippen LogP contribution in [-0.4, -0.2) is 64.4 Å². The highest BCUT2D eigenvalue weighted by Crippen LogP contribution is 2.18. The Morgan fingerprint density at radius 3 is 2.68 bits per heavy atom. The average molecular weight is 400 g/mol. The van der Waals surface area contributed by atoms with Crippen molar-refractivity contribution >= 4 is 23.1 Å². The van der Waals surface area contributed by atoms with E-state index in [2.05, 4.69) is 32.4 Å². The summed E-state index contributed by atoms with van der Waals surface area (Å²) in [5, 5.41) is 2.05. The molecule has 1 aliphatic rings. The molecule has 3 rings (SSSR count). The number of piperazine rings is 1. The Kier molecular flexibility index (Phi) is 6.80. The second-order valence-corrected chi connectivity index (χ2v) is 8.23. The van der Waals surface area contributed by atoms with Gasteiger partial charge < -0.3 is 9.80 Å². The van der Waals surface area contributed by atoms with Gasteiger partial charge >= 0.3 is 0 Å². The van der Waals surface area contributed by atoms with Crippen LogP contribution in [0.3, 0.4) is 0 Å². The summed E-state index contributed by atoms with van der Waals surface area (Å²) >= 11 is 1.68. The molecule has 6 nitrogen and oxygen atoms in total. The zero-order chi connectivity index (χ0) is 20.1. The Morgan fingerprint density at radius 1 is 1.32 bits per heavy atom. The Balaban J connectivity index is 1.60. The highest BCUT2D eigenvalue weighted by atomic mass is 32.1. The molecule has 0 bridgehead atoms. The van der Waals surface area contributed by atoms with Crippen LogP contribution in [0.5, 0.6) is 0 Å². The third kappa shape index (κ3) is 4.97. The second-order valence-electron chi connectivity index (χ2n) is 7.20. The quantitative estimate of drug-likeness (QED) is 0.670. The minimum atomic E-state index is -0.143. The molecule has 1 amide bonds. The lowest BCUT2D eigenvalue weighted by Crippen LogP contribution is -2.54. The fourth-order valence-electron chi connectivity index (χ4n) is 3.60. The van der Waals surface area contributed by atoms with E-state index in [4.69, 9.17) is 0 Å². The summed E-state index contributed by atoms with van der Waals surface area (Å²) < 4.78 is 0. The van der Waals surface area contributed by atoms with E-state index in [9.17, 15) is 4.79 Å². The average Bonchev–Trinajstić information content (AvgIpc) is 3.19. The smallest absolute Gasteiger partial charge is 0.240 e. The fraction of sp³-hybridized carbons (Fsp3) is 0.476. The summed E-state index contributed by atoms with van der Waals surface area (Å²) in [6.45, 7) is 14.4. The number of amides is 1. The van der Waals surface area contributed by atoms with E-state index < -0.39 is 0 Å². The van der Waals surface area contributed by atoms with E-state index in [1.165, 1.54) is 4.88 Å². The molecule has 0 aliphatic carbocycles. The lowest BCUT2D eigenvalue weighted by Gasteiger charge is -2.39. The van der Waals surface area contributed by atoms with E-state index in [1.54, 1.807) is 17.4 Å². The number of nitrogens with zero attached hydrogens (tertiary/aromatic N) is 5. The van der Waals surface area contributed by atoms with Gasteiger partial charge in [0.05, 0.1) is 12.6 Å². The topological polar surface area (TPSA) is 52.6 Å².